The predicted octanol–water partition coefficient (Wildman–Crippen LogP) is 2.59. The molecule has 0 heterocycles. The standard InChI is InChI=1S/C9H22N2OS2.C2H6/c1-10-5-3-4-7-12-9-14-13-8-6-11-2;1-2/h10-11H,3-9H2,1-2H3;1-2H3. The highest BCUT2D eigenvalue weighted by Crippen LogP contribution is 2.20. The van der Waals surface area contributed by atoms with Crippen molar-refractivity contribution in [2.45, 2.75) is 26.7 Å². The number of nitrogens with one attached hydrogen (secondary N) is 2. The highest BCUT2D eigenvalue weighted by molar-refractivity contribution is 8.76. The average molecular weight is 268 g/mol. The van der Waals surface area contributed by atoms with Gasteiger partial charge in [0.05, 0.1) is 0 Å². The Bertz CT molecular complexity index is 96.0. The van der Waals surface area contributed by atoms with E-state index in [1.165, 1.54) is 6.42 Å². The monoisotopic (exact) mass is 268 g/mol. The van der Waals surface area contributed by atoms with Gasteiger partial charge < -0.3 is 15.4 Å². The zero-order chi connectivity index (χ0) is 12.5. The molecule has 0 aromatic rings. The fraction of sp³-hybridized carbons (Fsp3) is 1.00. The van der Waals surface area contributed by atoms with E-state index >= 15 is 0 Å². The maximum atomic E-state index is 5.45. The van der Waals surface area contributed by atoms with Crippen LogP contribution in [0.3, 0.4) is 0 Å². The third kappa shape index (κ3) is 20.1. The molecule has 0 rings (SSSR count). The van der Waals surface area contributed by atoms with Crippen LogP contribution < -0.4 is 10.6 Å². The Morgan fingerprint density at radius 2 is 1.62 bits per heavy atom. The van der Waals surface area contributed by atoms with Crippen LogP contribution in [0.4, 0.5) is 0 Å². The quantitative estimate of drug-likeness (QED) is 0.342. The van der Waals surface area contributed by atoms with E-state index in [0.717, 1.165) is 37.8 Å². The summed E-state index contributed by atoms with van der Waals surface area (Å²) in [4.78, 5) is 0. The second-order valence-corrected chi connectivity index (χ2v) is 5.41. The number of rotatable bonds is 11. The molecule has 0 unspecified atom stereocenters. The smallest absolute Gasteiger partial charge is 0.102 e. The zero-order valence-electron chi connectivity index (χ0n) is 11.2. The molecule has 0 bridgehead atoms. The minimum atomic E-state index is 0.813. The molecule has 0 fully saturated rings. The highest BCUT2D eigenvalue weighted by Gasteiger charge is 1.91. The third-order valence-electron chi connectivity index (χ3n) is 1.62. The third-order valence-corrected chi connectivity index (χ3v) is 3.70. The van der Waals surface area contributed by atoms with Crippen LogP contribution in [0.25, 0.3) is 0 Å². The SMILES string of the molecule is CC.CNCCCCOCSSCCNC. The molecule has 0 aromatic carbocycles. The van der Waals surface area contributed by atoms with E-state index in [1.54, 1.807) is 10.8 Å². The van der Waals surface area contributed by atoms with Crippen LogP contribution in [0.1, 0.15) is 26.7 Å². The normalized spacial score (nSPS) is 9.75. The van der Waals surface area contributed by atoms with E-state index < -0.39 is 0 Å². The summed E-state index contributed by atoms with van der Waals surface area (Å²) in [5, 5.41) is 6.23. The lowest BCUT2D eigenvalue weighted by Gasteiger charge is -2.03. The van der Waals surface area contributed by atoms with Crippen molar-refractivity contribution in [1.82, 2.24) is 10.6 Å². The fourth-order valence-corrected chi connectivity index (χ4v) is 2.51. The largest absolute Gasteiger partial charge is 0.370 e. The molecule has 100 valence electrons. The number of hydrogen-bond donors (Lipinski definition) is 2. The van der Waals surface area contributed by atoms with Crippen LogP contribution in [0, 0.1) is 0 Å². The van der Waals surface area contributed by atoms with E-state index in [9.17, 15) is 0 Å². The maximum Gasteiger partial charge on any atom is 0.102 e. The summed E-state index contributed by atoms with van der Waals surface area (Å²) in [6.07, 6.45) is 2.36. The molecule has 0 saturated heterocycles. The van der Waals surface area contributed by atoms with Gasteiger partial charge in [-0.25, -0.2) is 0 Å². The highest BCUT2D eigenvalue weighted by atomic mass is 33.1. The summed E-state index contributed by atoms with van der Waals surface area (Å²) < 4.78 is 5.45. The summed E-state index contributed by atoms with van der Waals surface area (Å²) in [6, 6.07) is 0. The molecular weight excluding hydrogens is 240 g/mol. The van der Waals surface area contributed by atoms with Crippen molar-refractivity contribution in [1.29, 1.82) is 0 Å². The first-order valence-corrected chi connectivity index (χ1v) is 8.52. The second kappa shape index (κ2) is 20.9. The fourth-order valence-electron chi connectivity index (χ4n) is 0.836. The van der Waals surface area contributed by atoms with Crippen molar-refractivity contribution in [3.05, 3.63) is 0 Å². The first-order chi connectivity index (χ1) is 7.91. The van der Waals surface area contributed by atoms with Crippen molar-refractivity contribution in [3.8, 4) is 0 Å². The van der Waals surface area contributed by atoms with Gasteiger partial charge in [-0.15, -0.1) is 0 Å². The van der Waals surface area contributed by atoms with Gasteiger partial charge in [-0.3, -0.25) is 0 Å². The Morgan fingerprint density at radius 3 is 2.25 bits per heavy atom. The lowest BCUT2D eigenvalue weighted by molar-refractivity contribution is 0.178. The topological polar surface area (TPSA) is 33.3 Å². The summed E-state index contributed by atoms with van der Waals surface area (Å²) >= 11 is 0. The average Bonchev–Trinajstić information content (AvgIpc) is 2.34. The molecule has 0 aliphatic heterocycles. The summed E-state index contributed by atoms with van der Waals surface area (Å²) in [6.45, 7) is 7.05. The molecule has 0 saturated carbocycles. The maximum absolute atomic E-state index is 5.45. The van der Waals surface area contributed by atoms with Crippen LogP contribution in [0.2, 0.25) is 0 Å². The Labute approximate surface area is 109 Å². The van der Waals surface area contributed by atoms with Crippen LogP contribution in [-0.4, -0.2) is 45.5 Å². The molecule has 3 nitrogen and oxygen atoms in total. The lowest BCUT2D eigenvalue weighted by atomic mass is 10.3. The molecule has 0 atom stereocenters. The van der Waals surface area contributed by atoms with Gasteiger partial charge in [-0.1, -0.05) is 35.4 Å². The lowest BCUT2D eigenvalue weighted by Crippen LogP contribution is -2.09. The molecule has 2 N–H and O–H groups in total. The molecule has 0 radical (unpaired) electrons. The molecule has 0 amide bonds. The molecule has 0 aliphatic rings. The van der Waals surface area contributed by atoms with Gasteiger partial charge in [0.15, 0.2) is 0 Å². The van der Waals surface area contributed by atoms with Gasteiger partial charge in [0.2, 0.25) is 0 Å². The van der Waals surface area contributed by atoms with Gasteiger partial charge in [0.1, 0.15) is 5.94 Å². The predicted molar refractivity (Wildman–Crippen MR) is 79.3 cm³/mol. The molecule has 5 heteroatoms. The van der Waals surface area contributed by atoms with Gasteiger partial charge in [0, 0.05) is 18.9 Å². The summed E-state index contributed by atoms with van der Waals surface area (Å²) in [7, 11) is 7.62. The van der Waals surface area contributed by atoms with E-state index in [1.807, 2.05) is 38.7 Å². The van der Waals surface area contributed by atoms with E-state index in [4.69, 9.17) is 4.74 Å². The molecule has 16 heavy (non-hydrogen) atoms. The number of unbranched alkanes of at least 4 members (excludes halogenated alkanes) is 1. The molecule has 0 aromatic heterocycles. The Morgan fingerprint density at radius 1 is 0.938 bits per heavy atom. The van der Waals surface area contributed by atoms with Gasteiger partial charge >= 0.3 is 0 Å². The van der Waals surface area contributed by atoms with Crippen molar-refractivity contribution in [3.63, 3.8) is 0 Å². The number of ether oxygens (including phenoxy) is 1. The molecule has 0 spiro atoms. The van der Waals surface area contributed by atoms with Gasteiger partial charge in [-0.2, -0.15) is 0 Å². The first-order valence-electron chi connectivity index (χ1n) is 6.03. The number of hydrogen-bond acceptors (Lipinski definition) is 5. The second-order valence-electron chi connectivity index (χ2n) is 2.88. The van der Waals surface area contributed by atoms with E-state index in [-0.39, 0.29) is 0 Å². The minimum Gasteiger partial charge on any atom is -0.370 e. The Balaban J connectivity index is 0. The molecular formula is C11H28N2OS2. The Hall–Kier alpha value is 0.580. The van der Waals surface area contributed by atoms with Crippen molar-refractivity contribution < 1.29 is 4.74 Å². The first kappa shape index (κ1) is 18.9. The van der Waals surface area contributed by atoms with Gasteiger partial charge in [-0.05, 0) is 33.5 Å². The van der Waals surface area contributed by atoms with Crippen molar-refractivity contribution in [2.24, 2.45) is 0 Å². The zero-order valence-corrected chi connectivity index (χ0v) is 12.8. The Kier molecular flexibility index (Phi) is 24.8. The van der Waals surface area contributed by atoms with Crippen molar-refractivity contribution >= 4 is 21.6 Å². The van der Waals surface area contributed by atoms with Crippen LogP contribution in [-0.2, 0) is 4.74 Å². The van der Waals surface area contributed by atoms with Crippen LogP contribution in [0.5, 0.6) is 0 Å². The van der Waals surface area contributed by atoms with E-state index in [2.05, 4.69) is 10.6 Å². The van der Waals surface area contributed by atoms with Crippen LogP contribution >= 0.6 is 21.6 Å². The van der Waals surface area contributed by atoms with Crippen molar-refractivity contribution in [2.75, 3.05) is 45.5 Å². The summed E-state index contributed by atoms with van der Waals surface area (Å²) in [5.74, 6) is 1.96. The molecule has 0 aliphatic carbocycles. The van der Waals surface area contributed by atoms with E-state index in [0.29, 0.717) is 0 Å². The minimum absolute atomic E-state index is 0.813. The van der Waals surface area contributed by atoms with Gasteiger partial charge in [0.25, 0.3) is 0 Å². The van der Waals surface area contributed by atoms with Crippen LogP contribution in [0.15, 0.2) is 0 Å². The summed E-state index contributed by atoms with van der Waals surface area (Å²) in [5.41, 5.74) is 0.